The van der Waals surface area contributed by atoms with Gasteiger partial charge in [-0.25, -0.2) is 0 Å². The molecule has 20 heavy (non-hydrogen) atoms. The van der Waals surface area contributed by atoms with Gasteiger partial charge in [0.25, 0.3) is 5.91 Å². The van der Waals surface area contributed by atoms with Gasteiger partial charge in [0.1, 0.15) is 5.75 Å². The van der Waals surface area contributed by atoms with Crippen LogP contribution in [0.2, 0.25) is 0 Å². The minimum atomic E-state index is 0.0313. The molecule has 1 fully saturated rings. The van der Waals surface area contributed by atoms with E-state index in [1.165, 1.54) is 19.3 Å². The van der Waals surface area contributed by atoms with E-state index in [1.54, 1.807) is 24.3 Å². The Morgan fingerprint density at radius 3 is 2.60 bits per heavy atom. The van der Waals surface area contributed by atoms with Gasteiger partial charge in [-0.2, -0.15) is 5.26 Å². The highest BCUT2D eigenvalue weighted by atomic mass is 16.5. The number of amides is 1. The van der Waals surface area contributed by atoms with E-state index in [-0.39, 0.29) is 12.5 Å². The summed E-state index contributed by atoms with van der Waals surface area (Å²) in [6.45, 7) is 3.64. The van der Waals surface area contributed by atoms with Crippen LogP contribution in [0.4, 0.5) is 0 Å². The van der Waals surface area contributed by atoms with E-state index >= 15 is 0 Å². The van der Waals surface area contributed by atoms with Crippen molar-refractivity contribution in [3.8, 4) is 11.8 Å². The third-order valence-electron chi connectivity index (χ3n) is 3.78. The lowest BCUT2D eigenvalue weighted by atomic mass is 9.85. The maximum atomic E-state index is 12.1. The number of carbonyl (C=O) groups excluding carboxylic acids is 1. The number of benzene rings is 1. The van der Waals surface area contributed by atoms with Crippen molar-refractivity contribution >= 4 is 5.91 Å². The monoisotopic (exact) mass is 272 g/mol. The molecule has 106 valence electrons. The van der Waals surface area contributed by atoms with Gasteiger partial charge in [-0.15, -0.1) is 0 Å². The molecule has 2 rings (SSSR count). The second-order valence-corrected chi connectivity index (χ2v) is 5.15. The van der Waals surface area contributed by atoms with Crippen molar-refractivity contribution in [3.05, 3.63) is 29.8 Å². The summed E-state index contributed by atoms with van der Waals surface area (Å²) in [5.41, 5.74) is 0.587. The first-order valence-electron chi connectivity index (χ1n) is 7.13. The third kappa shape index (κ3) is 3.74. The molecule has 0 radical (unpaired) electrons. The van der Waals surface area contributed by atoms with E-state index in [2.05, 4.69) is 6.07 Å². The number of carbonyl (C=O) groups is 1. The number of nitrogens with zero attached hydrogens (tertiary/aromatic N) is 2. The summed E-state index contributed by atoms with van der Waals surface area (Å²) in [6.07, 6.45) is 3.76. The molecule has 1 saturated carbocycles. The Labute approximate surface area is 120 Å². The molecule has 4 heteroatoms. The van der Waals surface area contributed by atoms with Crippen LogP contribution in [-0.4, -0.2) is 30.5 Å². The molecule has 0 N–H and O–H groups in total. The largest absolute Gasteiger partial charge is 0.484 e. The number of hydrogen-bond donors (Lipinski definition) is 0. The van der Waals surface area contributed by atoms with Gasteiger partial charge in [0, 0.05) is 13.1 Å². The molecular formula is C16H20N2O2. The molecule has 0 atom stereocenters. The summed E-state index contributed by atoms with van der Waals surface area (Å²) in [5, 5.41) is 8.71. The molecule has 0 aliphatic heterocycles. The standard InChI is InChI=1S/C16H20N2O2/c1-2-18(11-14-4-3-5-14)16(19)12-20-15-8-6-13(10-17)7-9-15/h6-9,14H,2-5,11-12H2,1H3. The van der Waals surface area contributed by atoms with Crippen LogP contribution in [0.15, 0.2) is 24.3 Å². The van der Waals surface area contributed by atoms with Gasteiger partial charge >= 0.3 is 0 Å². The Balaban J connectivity index is 1.81. The van der Waals surface area contributed by atoms with E-state index in [0.717, 1.165) is 13.1 Å². The quantitative estimate of drug-likeness (QED) is 0.799. The Morgan fingerprint density at radius 2 is 2.10 bits per heavy atom. The Morgan fingerprint density at radius 1 is 1.40 bits per heavy atom. The minimum absolute atomic E-state index is 0.0313. The van der Waals surface area contributed by atoms with Crippen molar-refractivity contribution in [1.82, 2.24) is 4.90 Å². The highest BCUT2D eigenvalue weighted by Gasteiger charge is 2.22. The van der Waals surface area contributed by atoms with Crippen LogP contribution in [0.5, 0.6) is 5.75 Å². The number of rotatable bonds is 6. The first-order chi connectivity index (χ1) is 9.72. The van der Waals surface area contributed by atoms with Gasteiger partial charge in [0.05, 0.1) is 11.6 Å². The zero-order valence-electron chi connectivity index (χ0n) is 11.8. The third-order valence-corrected chi connectivity index (χ3v) is 3.78. The highest BCUT2D eigenvalue weighted by Crippen LogP contribution is 2.27. The molecule has 1 aromatic rings. The summed E-state index contributed by atoms with van der Waals surface area (Å²) in [4.78, 5) is 14.0. The summed E-state index contributed by atoms with van der Waals surface area (Å²) < 4.78 is 5.48. The zero-order chi connectivity index (χ0) is 14.4. The molecule has 1 amide bonds. The summed E-state index contributed by atoms with van der Waals surface area (Å²) in [7, 11) is 0. The van der Waals surface area contributed by atoms with E-state index < -0.39 is 0 Å². The number of likely N-dealkylation sites (N-methyl/N-ethyl adjacent to an activating group) is 1. The predicted octanol–water partition coefficient (Wildman–Crippen LogP) is 2.59. The van der Waals surface area contributed by atoms with Crippen LogP contribution in [-0.2, 0) is 4.79 Å². The molecule has 0 heterocycles. The molecule has 0 spiro atoms. The van der Waals surface area contributed by atoms with Gasteiger partial charge in [0.15, 0.2) is 6.61 Å². The molecule has 0 unspecified atom stereocenters. The first kappa shape index (κ1) is 14.4. The lowest BCUT2D eigenvalue weighted by molar-refractivity contribution is -0.134. The fourth-order valence-corrected chi connectivity index (χ4v) is 2.26. The van der Waals surface area contributed by atoms with Crippen molar-refractivity contribution < 1.29 is 9.53 Å². The average Bonchev–Trinajstić information content (AvgIpc) is 2.44. The van der Waals surface area contributed by atoms with Crippen LogP contribution >= 0.6 is 0 Å². The van der Waals surface area contributed by atoms with Crippen molar-refractivity contribution in [2.24, 2.45) is 5.92 Å². The second-order valence-electron chi connectivity index (χ2n) is 5.15. The molecule has 1 aliphatic carbocycles. The SMILES string of the molecule is CCN(CC1CCC1)C(=O)COc1ccc(C#N)cc1. The maximum Gasteiger partial charge on any atom is 0.260 e. The van der Waals surface area contributed by atoms with Crippen molar-refractivity contribution in [2.45, 2.75) is 26.2 Å². The zero-order valence-corrected chi connectivity index (χ0v) is 11.8. The number of hydrogen-bond acceptors (Lipinski definition) is 3. The Bertz CT molecular complexity index is 486. The normalized spacial score (nSPS) is 14.2. The van der Waals surface area contributed by atoms with E-state index in [9.17, 15) is 4.79 Å². The molecule has 0 aromatic heterocycles. The fourth-order valence-electron chi connectivity index (χ4n) is 2.26. The van der Waals surface area contributed by atoms with Gasteiger partial charge in [0.2, 0.25) is 0 Å². The van der Waals surface area contributed by atoms with Crippen LogP contribution < -0.4 is 4.74 Å². The minimum Gasteiger partial charge on any atom is -0.484 e. The average molecular weight is 272 g/mol. The van der Waals surface area contributed by atoms with Gasteiger partial charge in [-0.1, -0.05) is 6.42 Å². The van der Waals surface area contributed by atoms with Crippen molar-refractivity contribution in [2.75, 3.05) is 19.7 Å². The van der Waals surface area contributed by atoms with E-state index in [1.807, 2.05) is 11.8 Å². The van der Waals surface area contributed by atoms with Gasteiger partial charge in [-0.05, 0) is 49.9 Å². The van der Waals surface area contributed by atoms with Crippen LogP contribution in [0.3, 0.4) is 0 Å². The van der Waals surface area contributed by atoms with Crippen LogP contribution in [0.25, 0.3) is 0 Å². The maximum absolute atomic E-state index is 12.1. The Hall–Kier alpha value is -2.02. The highest BCUT2D eigenvalue weighted by molar-refractivity contribution is 5.77. The number of nitriles is 1. The predicted molar refractivity (Wildman–Crippen MR) is 76.2 cm³/mol. The van der Waals surface area contributed by atoms with E-state index in [4.69, 9.17) is 10.00 Å². The van der Waals surface area contributed by atoms with E-state index in [0.29, 0.717) is 17.2 Å². The molecular weight excluding hydrogens is 252 g/mol. The molecule has 1 aliphatic rings. The second kappa shape index (κ2) is 6.95. The fraction of sp³-hybridized carbons (Fsp3) is 0.500. The number of ether oxygens (including phenoxy) is 1. The topological polar surface area (TPSA) is 53.3 Å². The lowest BCUT2D eigenvalue weighted by Crippen LogP contribution is -2.39. The van der Waals surface area contributed by atoms with Crippen LogP contribution in [0.1, 0.15) is 31.7 Å². The van der Waals surface area contributed by atoms with Crippen molar-refractivity contribution in [3.63, 3.8) is 0 Å². The summed E-state index contributed by atoms with van der Waals surface area (Å²) in [5.74, 6) is 1.33. The van der Waals surface area contributed by atoms with Crippen LogP contribution in [0, 0.1) is 17.2 Å². The first-order valence-corrected chi connectivity index (χ1v) is 7.13. The van der Waals surface area contributed by atoms with Gasteiger partial charge in [-0.3, -0.25) is 4.79 Å². The summed E-state index contributed by atoms with van der Waals surface area (Å²) >= 11 is 0. The van der Waals surface area contributed by atoms with Gasteiger partial charge < -0.3 is 9.64 Å². The molecule has 1 aromatic carbocycles. The molecule has 0 saturated heterocycles. The molecule has 4 nitrogen and oxygen atoms in total. The molecule has 0 bridgehead atoms. The Kier molecular flexibility index (Phi) is 5.00. The summed E-state index contributed by atoms with van der Waals surface area (Å²) in [6, 6.07) is 8.86. The lowest BCUT2D eigenvalue weighted by Gasteiger charge is -2.31. The van der Waals surface area contributed by atoms with Crippen molar-refractivity contribution in [1.29, 1.82) is 5.26 Å². The smallest absolute Gasteiger partial charge is 0.260 e.